The van der Waals surface area contributed by atoms with E-state index in [9.17, 15) is 4.79 Å². The second kappa shape index (κ2) is 7.18. The van der Waals surface area contributed by atoms with Crippen LogP contribution in [-0.2, 0) is 0 Å². The Morgan fingerprint density at radius 2 is 1.73 bits per heavy atom. The summed E-state index contributed by atoms with van der Waals surface area (Å²) in [6.45, 7) is 0. The van der Waals surface area contributed by atoms with Gasteiger partial charge in [0.05, 0.1) is 10.7 Å². The topological polar surface area (TPSA) is 42.0 Å². The summed E-state index contributed by atoms with van der Waals surface area (Å²) in [4.78, 5) is 17.5. The van der Waals surface area contributed by atoms with E-state index in [0.717, 1.165) is 21.3 Å². The lowest BCUT2D eigenvalue weighted by atomic mass is 10.2. The molecule has 1 N–H and O–H groups in total. The van der Waals surface area contributed by atoms with Gasteiger partial charge in [0.1, 0.15) is 4.88 Å². The third kappa shape index (κ3) is 3.46. The molecule has 26 heavy (non-hydrogen) atoms. The number of thiazole rings is 1. The van der Waals surface area contributed by atoms with Crippen LogP contribution in [0.25, 0.3) is 21.3 Å². The minimum atomic E-state index is -0.288. The first-order valence-electron chi connectivity index (χ1n) is 7.41. The highest BCUT2D eigenvalue weighted by Crippen LogP contribution is 2.37. The number of nitrogens with one attached hydrogen (secondary N) is 1. The Labute approximate surface area is 172 Å². The number of carbonyl (C=O) groups is 1. The van der Waals surface area contributed by atoms with Crippen LogP contribution >= 0.6 is 57.5 Å². The molecule has 0 aliphatic heterocycles. The number of halogens is 3. The maximum Gasteiger partial charge on any atom is 0.269 e. The van der Waals surface area contributed by atoms with E-state index in [4.69, 9.17) is 34.8 Å². The van der Waals surface area contributed by atoms with Gasteiger partial charge in [-0.05, 0) is 24.3 Å². The average molecular weight is 440 g/mol. The molecule has 1 amide bonds. The zero-order chi connectivity index (χ0) is 18.3. The number of amides is 1. The average Bonchev–Trinajstić information content (AvgIpc) is 3.20. The molecule has 4 aromatic rings. The number of anilines is 1. The Balaban J connectivity index is 1.59. The van der Waals surface area contributed by atoms with Gasteiger partial charge in [-0.1, -0.05) is 53.0 Å². The molecular formula is C18H9Cl3N2OS2. The fourth-order valence-electron chi connectivity index (χ4n) is 2.42. The van der Waals surface area contributed by atoms with Gasteiger partial charge < -0.3 is 0 Å². The van der Waals surface area contributed by atoms with Crippen molar-refractivity contribution in [2.24, 2.45) is 0 Å². The Morgan fingerprint density at radius 3 is 2.50 bits per heavy atom. The lowest BCUT2D eigenvalue weighted by molar-refractivity contribution is 0.103. The molecule has 0 radical (unpaired) electrons. The number of aromatic nitrogens is 1. The lowest BCUT2D eigenvalue weighted by Crippen LogP contribution is -2.10. The first kappa shape index (κ1) is 17.8. The fraction of sp³-hybridized carbons (Fsp3) is 0. The Hall–Kier alpha value is -1.63. The number of rotatable bonds is 3. The van der Waals surface area contributed by atoms with Crippen molar-refractivity contribution >= 4 is 78.6 Å². The quantitative estimate of drug-likeness (QED) is 0.365. The third-order valence-corrected chi connectivity index (χ3v) is 6.56. The lowest BCUT2D eigenvalue weighted by Gasteiger charge is -2.00. The van der Waals surface area contributed by atoms with Crippen LogP contribution in [0.4, 0.5) is 5.13 Å². The zero-order valence-corrected chi connectivity index (χ0v) is 16.8. The molecule has 0 spiro atoms. The SMILES string of the molecule is O=C(Nc1nc(-c2ccc(Cl)cc2)cs1)c1sc2cc(Cl)ccc2c1Cl. The number of thiophene rings is 1. The Morgan fingerprint density at radius 1 is 1.00 bits per heavy atom. The molecule has 0 atom stereocenters. The van der Waals surface area contributed by atoms with E-state index in [0.29, 0.717) is 25.1 Å². The molecule has 0 bridgehead atoms. The van der Waals surface area contributed by atoms with Crippen molar-refractivity contribution in [3.8, 4) is 11.3 Å². The van der Waals surface area contributed by atoms with Crippen molar-refractivity contribution in [1.29, 1.82) is 0 Å². The fourth-order valence-corrected chi connectivity index (χ4v) is 4.95. The molecule has 0 unspecified atom stereocenters. The van der Waals surface area contributed by atoms with E-state index in [-0.39, 0.29) is 5.91 Å². The van der Waals surface area contributed by atoms with E-state index in [1.54, 1.807) is 24.3 Å². The Kier molecular flexibility index (Phi) is 4.90. The number of fused-ring (bicyclic) bond motifs is 1. The van der Waals surface area contributed by atoms with Gasteiger partial charge in [-0.3, -0.25) is 10.1 Å². The summed E-state index contributed by atoms with van der Waals surface area (Å²) in [5, 5.41) is 7.70. The first-order valence-corrected chi connectivity index (χ1v) is 10.2. The van der Waals surface area contributed by atoms with Crippen molar-refractivity contribution < 1.29 is 4.79 Å². The van der Waals surface area contributed by atoms with E-state index in [1.807, 2.05) is 23.6 Å². The van der Waals surface area contributed by atoms with E-state index >= 15 is 0 Å². The van der Waals surface area contributed by atoms with Crippen LogP contribution in [0.2, 0.25) is 15.1 Å². The van der Waals surface area contributed by atoms with Crippen molar-refractivity contribution in [3.63, 3.8) is 0 Å². The number of hydrogen-bond donors (Lipinski definition) is 1. The molecule has 0 saturated carbocycles. The van der Waals surface area contributed by atoms with Crippen molar-refractivity contribution in [1.82, 2.24) is 4.98 Å². The number of carbonyl (C=O) groups excluding carboxylic acids is 1. The predicted molar refractivity (Wildman–Crippen MR) is 112 cm³/mol. The largest absolute Gasteiger partial charge is 0.297 e. The van der Waals surface area contributed by atoms with Crippen LogP contribution in [-0.4, -0.2) is 10.9 Å². The summed E-state index contributed by atoms with van der Waals surface area (Å²) in [5.41, 5.74) is 1.71. The van der Waals surface area contributed by atoms with E-state index < -0.39 is 0 Å². The van der Waals surface area contributed by atoms with Gasteiger partial charge in [-0.2, -0.15) is 0 Å². The van der Waals surface area contributed by atoms with Crippen molar-refractivity contribution in [3.05, 3.63) is 67.8 Å². The van der Waals surface area contributed by atoms with Gasteiger partial charge in [-0.15, -0.1) is 22.7 Å². The molecule has 2 aromatic heterocycles. The van der Waals surface area contributed by atoms with Crippen LogP contribution < -0.4 is 5.32 Å². The smallest absolute Gasteiger partial charge is 0.269 e. The van der Waals surface area contributed by atoms with Crippen molar-refractivity contribution in [2.45, 2.75) is 0 Å². The summed E-state index contributed by atoms with van der Waals surface area (Å²) in [6, 6.07) is 12.7. The standard InChI is InChI=1S/C18H9Cl3N2OS2/c19-10-3-1-9(2-4-10)13-8-25-18(22-13)23-17(24)16-15(21)12-6-5-11(20)7-14(12)26-16/h1-8H,(H,22,23,24). The molecule has 0 aliphatic carbocycles. The molecule has 4 rings (SSSR count). The molecule has 2 aromatic carbocycles. The molecule has 0 fully saturated rings. The van der Waals surface area contributed by atoms with E-state index in [1.165, 1.54) is 22.7 Å². The normalized spacial score (nSPS) is 11.0. The van der Waals surface area contributed by atoms with Gasteiger partial charge in [0, 0.05) is 31.1 Å². The van der Waals surface area contributed by atoms with Gasteiger partial charge in [-0.25, -0.2) is 4.98 Å². The first-order chi connectivity index (χ1) is 12.5. The molecule has 3 nitrogen and oxygen atoms in total. The molecule has 8 heteroatoms. The van der Waals surface area contributed by atoms with Crippen LogP contribution in [0, 0.1) is 0 Å². The molecular weight excluding hydrogens is 431 g/mol. The van der Waals surface area contributed by atoms with Gasteiger partial charge in [0.25, 0.3) is 5.91 Å². The maximum absolute atomic E-state index is 12.6. The molecule has 130 valence electrons. The summed E-state index contributed by atoms with van der Waals surface area (Å²) in [5.74, 6) is -0.288. The molecule has 0 saturated heterocycles. The monoisotopic (exact) mass is 438 g/mol. The minimum Gasteiger partial charge on any atom is -0.297 e. The van der Waals surface area contributed by atoms with Crippen LogP contribution in [0.3, 0.4) is 0 Å². The second-order valence-electron chi connectivity index (χ2n) is 5.38. The highest BCUT2D eigenvalue weighted by Gasteiger charge is 2.18. The van der Waals surface area contributed by atoms with Gasteiger partial charge in [0.15, 0.2) is 5.13 Å². The number of benzene rings is 2. The number of hydrogen-bond acceptors (Lipinski definition) is 4. The second-order valence-corrected chi connectivity index (χ2v) is 8.55. The molecule has 0 aliphatic rings. The summed E-state index contributed by atoms with van der Waals surface area (Å²) < 4.78 is 0.869. The summed E-state index contributed by atoms with van der Waals surface area (Å²) in [7, 11) is 0. The summed E-state index contributed by atoms with van der Waals surface area (Å²) in [6.07, 6.45) is 0. The molecule has 2 heterocycles. The van der Waals surface area contributed by atoms with E-state index in [2.05, 4.69) is 10.3 Å². The third-order valence-electron chi connectivity index (χ3n) is 3.66. The highest BCUT2D eigenvalue weighted by molar-refractivity contribution is 7.22. The number of nitrogens with zero attached hydrogens (tertiary/aromatic N) is 1. The van der Waals surface area contributed by atoms with Crippen LogP contribution in [0.1, 0.15) is 9.67 Å². The van der Waals surface area contributed by atoms with Crippen LogP contribution in [0.5, 0.6) is 0 Å². The Bertz CT molecular complexity index is 1120. The summed E-state index contributed by atoms with van der Waals surface area (Å²) >= 11 is 20.9. The predicted octanol–water partition coefficient (Wildman–Crippen LogP) is 7.24. The zero-order valence-electron chi connectivity index (χ0n) is 12.9. The van der Waals surface area contributed by atoms with Gasteiger partial charge >= 0.3 is 0 Å². The van der Waals surface area contributed by atoms with Gasteiger partial charge in [0.2, 0.25) is 0 Å². The van der Waals surface area contributed by atoms with Crippen LogP contribution in [0.15, 0.2) is 47.8 Å². The minimum absolute atomic E-state index is 0.288. The maximum atomic E-state index is 12.6. The highest BCUT2D eigenvalue weighted by atomic mass is 35.5. The van der Waals surface area contributed by atoms with Crippen molar-refractivity contribution in [2.75, 3.05) is 5.32 Å².